The van der Waals surface area contributed by atoms with Crippen LogP contribution in [0.4, 0.5) is 11.4 Å². The fourth-order valence-electron chi connectivity index (χ4n) is 11.1. The number of anilines is 2. The predicted octanol–water partition coefficient (Wildman–Crippen LogP) is 15.3. The molecule has 12 aromatic rings. The van der Waals surface area contributed by atoms with Gasteiger partial charge in [-0.05, 0) is 105 Å². The van der Waals surface area contributed by atoms with Crippen molar-refractivity contribution in [3.8, 4) is 16.8 Å². The first-order valence-electron chi connectivity index (χ1n) is 21.8. The van der Waals surface area contributed by atoms with E-state index < -0.39 is 0 Å². The van der Waals surface area contributed by atoms with E-state index in [1.54, 1.807) is 0 Å². The minimum atomic E-state index is -0.109. The lowest BCUT2D eigenvalue weighted by Gasteiger charge is -2.42. The third-order valence-electron chi connectivity index (χ3n) is 14.1. The van der Waals surface area contributed by atoms with Crippen molar-refractivity contribution in [2.75, 3.05) is 4.81 Å². The average molecular weight is 833 g/mol. The minimum absolute atomic E-state index is 0.00854. The molecule has 0 fully saturated rings. The second-order valence-corrected chi connectivity index (χ2v) is 21.8. The standard InChI is InChI=1S/C56H41BN2OS2/c1-55(2,3)30-19-22-32(23-20-30)59-42-26-36-33-13-7-10-16-44(33)60-45(36)28-39(42)49-50-35-15-9-12-18-47(35)62-54(50)51-38-25-31(56(4,5)6)21-24-41(38)58-43-27-37-34-14-8-11-17-46(34)61-48(37)29-40(43)57(59)52(49)53(51)58/h7-29H,1-6H3. The van der Waals surface area contributed by atoms with Crippen molar-refractivity contribution >= 4 is 136 Å². The van der Waals surface area contributed by atoms with E-state index in [2.05, 4.69) is 190 Å². The molecule has 2 aliphatic rings. The largest absolute Gasteiger partial charge is 0.456 e. The SMILES string of the molecule is CC(C)(C)c1ccc(N2B3c4cc5sc6ccccc6c5cc4-n4c5ccc(C(C)(C)C)cc5c5c6sc7ccccc7c6c(c3c54)-c3cc4oc5ccccc5c4cc32)cc1. The Labute approximate surface area is 367 Å². The van der Waals surface area contributed by atoms with Crippen molar-refractivity contribution in [3.05, 3.63) is 151 Å². The molecule has 0 saturated heterocycles. The van der Waals surface area contributed by atoms with Crippen LogP contribution in [0.3, 0.4) is 0 Å². The molecule has 62 heavy (non-hydrogen) atoms. The van der Waals surface area contributed by atoms with Crippen LogP contribution in [0.15, 0.2) is 144 Å². The summed E-state index contributed by atoms with van der Waals surface area (Å²) in [5.41, 5.74) is 16.0. The van der Waals surface area contributed by atoms with Gasteiger partial charge in [0.1, 0.15) is 11.2 Å². The van der Waals surface area contributed by atoms with E-state index in [1.165, 1.54) is 112 Å². The average Bonchev–Trinajstić information content (AvgIpc) is 4.02. The lowest BCUT2D eigenvalue weighted by atomic mass is 9.43. The summed E-state index contributed by atoms with van der Waals surface area (Å²) in [5.74, 6) is 0. The number of para-hydroxylation sites is 1. The number of furan rings is 1. The summed E-state index contributed by atoms with van der Waals surface area (Å²) in [6, 6.07) is 53.2. The Hall–Kier alpha value is -6.34. The highest BCUT2D eigenvalue weighted by atomic mass is 32.1. The van der Waals surface area contributed by atoms with Gasteiger partial charge in [0.05, 0.1) is 11.0 Å². The molecule has 0 saturated carbocycles. The molecule has 0 spiro atoms. The van der Waals surface area contributed by atoms with Gasteiger partial charge in [-0.1, -0.05) is 114 Å². The molecule has 8 aromatic carbocycles. The lowest BCUT2D eigenvalue weighted by Crippen LogP contribution is -2.60. The van der Waals surface area contributed by atoms with Crippen molar-refractivity contribution in [2.24, 2.45) is 0 Å². The fraction of sp³-hybridized carbons (Fsp3) is 0.143. The highest BCUT2D eigenvalue weighted by Crippen LogP contribution is 2.54. The maximum atomic E-state index is 6.77. The number of fused-ring (bicyclic) bond motifs is 19. The summed E-state index contributed by atoms with van der Waals surface area (Å²) in [7, 11) is 0. The summed E-state index contributed by atoms with van der Waals surface area (Å²) >= 11 is 3.86. The maximum absolute atomic E-state index is 6.77. The van der Waals surface area contributed by atoms with E-state index in [4.69, 9.17) is 4.42 Å². The number of aromatic nitrogens is 1. The molecule has 0 bridgehead atoms. The van der Waals surface area contributed by atoms with Crippen LogP contribution in [0, 0.1) is 0 Å². The van der Waals surface area contributed by atoms with Crippen molar-refractivity contribution < 1.29 is 4.42 Å². The zero-order valence-electron chi connectivity index (χ0n) is 35.5. The van der Waals surface area contributed by atoms with E-state index >= 15 is 0 Å². The highest BCUT2D eigenvalue weighted by Gasteiger charge is 2.46. The molecule has 0 radical (unpaired) electrons. The highest BCUT2D eigenvalue weighted by molar-refractivity contribution is 7.27. The van der Waals surface area contributed by atoms with Gasteiger partial charge in [-0.3, -0.25) is 0 Å². The summed E-state index contributed by atoms with van der Waals surface area (Å²) in [5, 5.41) is 10.3. The molecule has 0 N–H and O–H groups in total. The van der Waals surface area contributed by atoms with Gasteiger partial charge < -0.3 is 13.8 Å². The van der Waals surface area contributed by atoms with Gasteiger partial charge in [0, 0.05) is 84.5 Å². The van der Waals surface area contributed by atoms with Crippen LogP contribution in [0.25, 0.3) is 101 Å². The maximum Gasteiger partial charge on any atom is 0.333 e. The molecule has 3 nitrogen and oxygen atoms in total. The van der Waals surface area contributed by atoms with Gasteiger partial charge in [0.25, 0.3) is 0 Å². The molecule has 6 heterocycles. The molecule has 14 rings (SSSR count). The first kappa shape index (κ1) is 35.3. The molecule has 6 heteroatoms. The summed E-state index contributed by atoms with van der Waals surface area (Å²) in [6.45, 7) is 13.8. The zero-order valence-corrected chi connectivity index (χ0v) is 37.1. The van der Waals surface area contributed by atoms with E-state index in [9.17, 15) is 0 Å². The summed E-state index contributed by atoms with van der Waals surface area (Å²) in [6.07, 6.45) is 0. The Bertz CT molecular complexity index is 3960. The van der Waals surface area contributed by atoms with Crippen LogP contribution in [-0.4, -0.2) is 11.4 Å². The van der Waals surface area contributed by atoms with Gasteiger partial charge >= 0.3 is 6.85 Å². The quantitative estimate of drug-likeness (QED) is 0.154. The molecule has 0 amide bonds. The van der Waals surface area contributed by atoms with E-state index in [0.717, 1.165) is 21.9 Å². The van der Waals surface area contributed by atoms with Crippen LogP contribution >= 0.6 is 22.7 Å². The normalized spacial score (nSPS) is 13.9. The first-order valence-corrected chi connectivity index (χ1v) is 23.4. The van der Waals surface area contributed by atoms with Crippen LogP contribution in [0.2, 0.25) is 0 Å². The molecular formula is C56H41BN2OS2. The van der Waals surface area contributed by atoms with E-state index in [-0.39, 0.29) is 17.7 Å². The van der Waals surface area contributed by atoms with Gasteiger partial charge in [-0.25, -0.2) is 0 Å². The number of benzene rings is 8. The Morgan fingerprint density at radius 3 is 1.97 bits per heavy atom. The van der Waals surface area contributed by atoms with E-state index in [1.807, 2.05) is 22.7 Å². The number of nitrogens with zero attached hydrogens (tertiary/aromatic N) is 2. The Kier molecular flexibility index (Phi) is 6.70. The molecule has 0 aliphatic carbocycles. The van der Waals surface area contributed by atoms with Crippen LogP contribution < -0.4 is 15.7 Å². The molecule has 0 atom stereocenters. The minimum Gasteiger partial charge on any atom is -0.456 e. The van der Waals surface area contributed by atoms with Crippen molar-refractivity contribution in [1.82, 2.24) is 4.57 Å². The summed E-state index contributed by atoms with van der Waals surface area (Å²) < 4.78 is 14.7. The molecule has 4 aromatic heterocycles. The third-order valence-corrected chi connectivity index (χ3v) is 16.4. The van der Waals surface area contributed by atoms with E-state index in [0.29, 0.717) is 0 Å². The first-order chi connectivity index (χ1) is 30.0. The Morgan fingerprint density at radius 2 is 1.19 bits per heavy atom. The van der Waals surface area contributed by atoms with Crippen molar-refractivity contribution in [3.63, 3.8) is 0 Å². The predicted molar refractivity (Wildman–Crippen MR) is 270 cm³/mol. The fourth-order valence-corrected chi connectivity index (χ4v) is 13.5. The van der Waals surface area contributed by atoms with Crippen LogP contribution in [0.5, 0.6) is 0 Å². The monoisotopic (exact) mass is 832 g/mol. The summed E-state index contributed by atoms with van der Waals surface area (Å²) in [4.78, 5) is 2.69. The lowest BCUT2D eigenvalue weighted by molar-refractivity contribution is 0.590. The topological polar surface area (TPSA) is 21.3 Å². The van der Waals surface area contributed by atoms with Gasteiger partial charge in [-0.15, -0.1) is 22.7 Å². The van der Waals surface area contributed by atoms with Gasteiger partial charge in [-0.2, -0.15) is 0 Å². The molecule has 2 aliphatic heterocycles. The number of rotatable bonds is 1. The molecule has 0 unspecified atom stereocenters. The number of hydrogen-bond acceptors (Lipinski definition) is 4. The van der Waals surface area contributed by atoms with Crippen molar-refractivity contribution in [2.45, 2.75) is 52.4 Å². The van der Waals surface area contributed by atoms with Gasteiger partial charge in [0.15, 0.2) is 0 Å². The molecular weight excluding hydrogens is 792 g/mol. The smallest absolute Gasteiger partial charge is 0.333 e. The van der Waals surface area contributed by atoms with Crippen molar-refractivity contribution in [1.29, 1.82) is 0 Å². The number of hydrogen-bond donors (Lipinski definition) is 0. The van der Waals surface area contributed by atoms with Crippen LogP contribution in [-0.2, 0) is 10.8 Å². The van der Waals surface area contributed by atoms with Gasteiger partial charge in [0.2, 0.25) is 0 Å². The van der Waals surface area contributed by atoms with Crippen LogP contribution in [0.1, 0.15) is 52.7 Å². The zero-order chi connectivity index (χ0) is 41.6. The Balaban J connectivity index is 1.24. The molecule has 296 valence electrons. The Morgan fingerprint density at radius 1 is 0.516 bits per heavy atom. The second-order valence-electron chi connectivity index (χ2n) is 19.7. The second kappa shape index (κ2) is 11.8. The number of thiophene rings is 2. The third kappa shape index (κ3) is 4.51.